The van der Waals surface area contributed by atoms with Crippen LogP contribution in [-0.2, 0) is 19.1 Å². The van der Waals surface area contributed by atoms with Crippen molar-refractivity contribution >= 4 is 58.2 Å². The molecule has 2 amide bonds. The van der Waals surface area contributed by atoms with Gasteiger partial charge in [0.2, 0.25) is 0 Å². The topological polar surface area (TPSA) is 157 Å². The van der Waals surface area contributed by atoms with Crippen molar-refractivity contribution in [1.29, 1.82) is 0 Å². The molecule has 0 aromatic heterocycles. The molecule has 0 radical (unpaired) electrons. The maximum absolute atomic E-state index is 11.7. The maximum Gasteiger partial charge on any atom is 1.00 e. The van der Waals surface area contributed by atoms with Gasteiger partial charge >= 0.3 is 219 Å². The number of carboxylic acids is 2. The summed E-state index contributed by atoms with van der Waals surface area (Å²) in [6.45, 7) is 9.91. The quantitative estimate of drug-likeness (QED) is 0.186. The van der Waals surface area contributed by atoms with Crippen molar-refractivity contribution < 1.29 is 76.6 Å². The molecule has 30 heavy (non-hydrogen) atoms. The summed E-state index contributed by atoms with van der Waals surface area (Å²) in [7, 11) is 0. The van der Waals surface area contributed by atoms with Crippen LogP contribution in [0.4, 0.5) is 9.59 Å². The summed E-state index contributed by atoms with van der Waals surface area (Å²) < 4.78 is 10.4. The second kappa shape index (κ2) is 16.0. The van der Waals surface area contributed by atoms with E-state index in [0.717, 1.165) is 0 Å². The SMILES string of the molecule is CC(C)(C)OC(=O)N[C@@H](C[Te][Te]C[C@H](NC(=O)OC(C)(C)C)C(=O)[O-])C(=O)[O-].[Li+].[Li+]. The number of alkyl carbamates (subject to hydrolysis) is 2. The Hall–Kier alpha value is 0.254. The van der Waals surface area contributed by atoms with Crippen LogP contribution in [0.5, 0.6) is 0 Å². The predicted octanol–water partition coefficient (Wildman–Crippen LogP) is -7.56. The average molecular weight is 643 g/mol. The summed E-state index contributed by atoms with van der Waals surface area (Å²) in [6, 6.07) is -2.38. The Kier molecular flexibility index (Phi) is 18.5. The van der Waals surface area contributed by atoms with E-state index in [0.29, 0.717) is 0 Å². The third kappa shape index (κ3) is 19.0. The molecule has 162 valence electrons. The van der Waals surface area contributed by atoms with Crippen LogP contribution in [-0.4, -0.2) is 81.5 Å². The van der Waals surface area contributed by atoms with Gasteiger partial charge in [-0.2, -0.15) is 0 Å². The van der Waals surface area contributed by atoms with Gasteiger partial charge in [0.05, 0.1) is 0 Å². The molecule has 0 heterocycles. The Labute approximate surface area is 217 Å². The molecule has 0 saturated carbocycles. The van der Waals surface area contributed by atoms with E-state index in [2.05, 4.69) is 10.6 Å². The van der Waals surface area contributed by atoms with E-state index in [1.807, 2.05) is 0 Å². The van der Waals surface area contributed by atoms with E-state index in [4.69, 9.17) is 9.47 Å². The molecule has 0 aliphatic heterocycles. The fraction of sp³-hybridized carbons (Fsp3) is 0.750. The third-order valence-electron chi connectivity index (χ3n) is 2.50. The van der Waals surface area contributed by atoms with Crippen molar-refractivity contribution in [3.8, 4) is 0 Å². The number of rotatable bonds is 9. The third-order valence-corrected chi connectivity index (χ3v) is 14.1. The molecule has 10 nitrogen and oxygen atoms in total. The molecule has 0 aliphatic carbocycles. The molecule has 2 atom stereocenters. The minimum atomic E-state index is -1.42. The second-order valence-corrected chi connectivity index (χ2v) is 19.9. The molecular weight excluding hydrogens is 617 g/mol. The summed E-state index contributed by atoms with van der Waals surface area (Å²) in [6.07, 6.45) is -1.71. The van der Waals surface area contributed by atoms with E-state index in [-0.39, 0.29) is 46.7 Å². The van der Waals surface area contributed by atoms with Gasteiger partial charge in [0.25, 0.3) is 0 Å². The van der Waals surface area contributed by atoms with Crippen molar-refractivity contribution in [3.05, 3.63) is 0 Å². The van der Waals surface area contributed by atoms with Crippen molar-refractivity contribution in [2.45, 2.75) is 73.8 Å². The van der Waals surface area contributed by atoms with Crippen LogP contribution in [0.25, 0.3) is 0 Å². The van der Waals surface area contributed by atoms with Crippen LogP contribution >= 0.6 is 0 Å². The first kappa shape index (κ1) is 34.9. The Morgan fingerprint density at radius 1 is 0.733 bits per heavy atom. The van der Waals surface area contributed by atoms with E-state index in [1.165, 1.54) is 0 Å². The normalized spacial score (nSPS) is 12.9. The van der Waals surface area contributed by atoms with E-state index < -0.39 is 81.5 Å². The van der Waals surface area contributed by atoms with Crippen LogP contribution in [0.15, 0.2) is 0 Å². The zero-order valence-electron chi connectivity index (χ0n) is 18.7. The molecule has 14 heteroatoms. The van der Waals surface area contributed by atoms with Gasteiger partial charge in [0.15, 0.2) is 0 Å². The van der Waals surface area contributed by atoms with Crippen molar-refractivity contribution in [1.82, 2.24) is 10.6 Å². The second-order valence-electron chi connectivity index (χ2n) is 7.60. The van der Waals surface area contributed by atoms with Crippen LogP contribution in [0.2, 0.25) is 8.94 Å². The number of hydrogen-bond donors (Lipinski definition) is 2. The van der Waals surface area contributed by atoms with Crippen LogP contribution in [0.3, 0.4) is 0 Å². The number of carboxylic acid groups (broad SMARTS) is 2. The number of ether oxygens (including phenoxy) is 2. The van der Waals surface area contributed by atoms with Gasteiger partial charge in [0.1, 0.15) is 0 Å². The van der Waals surface area contributed by atoms with Crippen LogP contribution < -0.4 is 58.6 Å². The molecule has 2 N–H and O–H groups in total. The summed E-state index contributed by atoms with van der Waals surface area (Å²) >= 11 is -1.73. The van der Waals surface area contributed by atoms with Crippen LogP contribution in [0.1, 0.15) is 41.5 Å². The standard InChI is InChI=1S/C16H28N2O8Te2.2Li/c1-15(2,3)25-13(23)17-9(11(19)20)7-27-28-8-10(12(21)22)18-14(24)26-16(4,5)6;;/h9-10H,7-8H2,1-6H3,(H,17,23)(H,18,24)(H,19,20)(H,21,22);;/q;2*+1/p-2/t9-,10-;;/m0../s1. The van der Waals surface area contributed by atoms with E-state index in [9.17, 15) is 29.4 Å². The van der Waals surface area contributed by atoms with Crippen LogP contribution in [0, 0.1) is 0 Å². The zero-order valence-corrected chi connectivity index (χ0v) is 23.3. The molecule has 0 aromatic carbocycles. The molecule has 0 unspecified atom stereocenters. The molecule has 0 fully saturated rings. The van der Waals surface area contributed by atoms with Gasteiger partial charge in [-0.3, -0.25) is 0 Å². The van der Waals surface area contributed by atoms with Crippen molar-refractivity contribution in [2.24, 2.45) is 0 Å². The Balaban J connectivity index is -0.00000364. The summed E-state index contributed by atoms with van der Waals surface area (Å²) in [5.41, 5.74) is -1.53. The summed E-state index contributed by atoms with van der Waals surface area (Å²) in [5.74, 6) is -2.85. The number of amides is 2. The largest absolute Gasteiger partial charge is 1.00 e. The molecule has 0 bridgehead atoms. The zero-order chi connectivity index (χ0) is 22.1. The molecule has 0 aromatic rings. The first-order valence-electron chi connectivity index (χ1n) is 8.26. The first-order chi connectivity index (χ1) is 12.6. The summed E-state index contributed by atoms with van der Waals surface area (Å²) in [4.78, 5) is 45.8. The number of carbonyl (C=O) groups excluding carboxylic acids is 4. The number of hydrogen-bond acceptors (Lipinski definition) is 8. The molecule has 0 saturated heterocycles. The number of carbonyl (C=O) groups is 4. The Bertz CT molecular complexity index is 533. The molecule has 0 spiro atoms. The minimum absolute atomic E-state index is 0. The predicted molar refractivity (Wildman–Crippen MR) is 97.5 cm³/mol. The monoisotopic (exact) mass is 648 g/mol. The molecular formula is C16H26Li2N2O8Te2. The fourth-order valence-corrected chi connectivity index (χ4v) is 12.9. The van der Waals surface area contributed by atoms with Gasteiger partial charge in [-0.05, 0) is 0 Å². The number of aliphatic carboxylic acids is 2. The Morgan fingerprint density at radius 2 is 1.00 bits per heavy atom. The first-order valence-corrected chi connectivity index (χ1v) is 18.9. The van der Waals surface area contributed by atoms with Gasteiger partial charge in [-0.25, -0.2) is 0 Å². The molecule has 0 rings (SSSR count). The van der Waals surface area contributed by atoms with Gasteiger partial charge < -0.3 is 0 Å². The fourth-order valence-electron chi connectivity index (χ4n) is 1.47. The molecule has 0 aliphatic rings. The Morgan fingerprint density at radius 3 is 1.20 bits per heavy atom. The maximum atomic E-state index is 11.7. The van der Waals surface area contributed by atoms with Gasteiger partial charge in [-0.15, -0.1) is 0 Å². The van der Waals surface area contributed by atoms with E-state index in [1.54, 1.807) is 41.5 Å². The minimum Gasteiger partial charge on any atom is 1.00 e. The van der Waals surface area contributed by atoms with Gasteiger partial charge in [-0.1, -0.05) is 0 Å². The van der Waals surface area contributed by atoms with Crippen molar-refractivity contribution in [3.63, 3.8) is 0 Å². The smallest absolute Gasteiger partial charge is 1.00 e. The van der Waals surface area contributed by atoms with E-state index >= 15 is 0 Å². The average Bonchev–Trinajstić information content (AvgIpc) is 2.44. The van der Waals surface area contributed by atoms with Crippen molar-refractivity contribution in [2.75, 3.05) is 0 Å². The number of nitrogens with one attached hydrogen (secondary N) is 2. The van der Waals surface area contributed by atoms with Gasteiger partial charge in [0, 0.05) is 0 Å². The summed E-state index contributed by atoms with van der Waals surface area (Å²) in [5, 5.41) is 26.9.